The standard InChI is InChI=1S/C17H28ClN3/c1-4-14(2)19-13-15(3)20-8-10-21(11-9-20)17-7-5-6-16(18)12-17/h5-7,12,14-15,19H,4,8-11,13H2,1-3H3. The Bertz CT molecular complexity index is 430. The Morgan fingerprint density at radius 3 is 2.52 bits per heavy atom. The molecule has 2 atom stereocenters. The minimum atomic E-state index is 0.598. The van der Waals surface area contributed by atoms with Crippen molar-refractivity contribution in [3.05, 3.63) is 29.3 Å². The van der Waals surface area contributed by atoms with Crippen LogP contribution in [-0.4, -0.2) is 49.7 Å². The summed E-state index contributed by atoms with van der Waals surface area (Å²) in [5, 5.41) is 4.43. The summed E-state index contributed by atoms with van der Waals surface area (Å²) in [6.45, 7) is 12.3. The number of hydrogen-bond donors (Lipinski definition) is 1. The molecule has 1 aliphatic heterocycles. The van der Waals surface area contributed by atoms with E-state index in [1.165, 1.54) is 12.1 Å². The van der Waals surface area contributed by atoms with Gasteiger partial charge in [0, 0.05) is 55.5 Å². The fraction of sp³-hybridized carbons (Fsp3) is 0.647. The second-order valence-electron chi connectivity index (χ2n) is 6.07. The molecule has 0 aromatic heterocycles. The van der Waals surface area contributed by atoms with Crippen molar-refractivity contribution in [3.63, 3.8) is 0 Å². The van der Waals surface area contributed by atoms with Crippen molar-refractivity contribution in [3.8, 4) is 0 Å². The number of rotatable bonds is 6. The maximum Gasteiger partial charge on any atom is 0.0426 e. The third-order valence-electron chi connectivity index (χ3n) is 4.49. The Labute approximate surface area is 134 Å². The average Bonchev–Trinajstić information content (AvgIpc) is 2.52. The SMILES string of the molecule is CCC(C)NCC(C)N1CCN(c2cccc(Cl)c2)CC1. The van der Waals surface area contributed by atoms with E-state index >= 15 is 0 Å². The molecule has 2 unspecified atom stereocenters. The molecule has 0 bridgehead atoms. The zero-order chi connectivity index (χ0) is 15.2. The Balaban J connectivity index is 1.80. The summed E-state index contributed by atoms with van der Waals surface area (Å²) in [6, 6.07) is 9.38. The Hall–Kier alpha value is -0.770. The maximum atomic E-state index is 6.08. The fourth-order valence-electron chi connectivity index (χ4n) is 2.74. The molecule has 0 saturated carbocycles. The molecule has 1 fully saturated rings. The van der Waals surface area contributed by atoms with Gasteiger partial charge in [0.15, 0.2) is 0 Å². The van der Waals surface area contributed by atoms with Gasteiger partial charge in [-0.05, 0) is 38.5 Å². The van der Waals surface area contributed by atoms with E-state index in [1.807, 2.05) is 12.1 Å². The van der Waals surface area contributed by atoms with Crippen LogP contribution in [0.2, 0.25) is 5.02 Å². The summed E-state index contributed by atoms with van der Waals surface area (Å²) < 4.78 is 0. The Morgan fingerprint density at radius 2 is 1.90 bits per heavy atom. The molecule has 0 spiro atoms. The first-order valence-electron chi connectivity index (χ1n) is 8.08. The molecular weight excluding hydrogens is 282 g/mol. The summed E-state index contributed by atoms with van der Waals surface area (Å²) in [5.74, 6) is 0. The third-order valence-corrected chi connectivity index (χ3v) is 4.72. The van der Waals surface area contributed by atoms with Crippen molar-refractivity contribution in [2.24, 2.45) is 0 Å². The lowest BCUT2D eigenvalue weighted by Gasteiger charge is -2.39. The number of nitrogens with zero attached hydrogens (tertiary/aromatic N) is 2. The molecule has 118 valence electrons. The van der Waals surface area contributed by atoms with Gasteiger partial charge in [-0.3, -0.25) is 4.90 Å². The first kappa shape index (κ1) is 16.6. The van der Waals surface area contributed by atoms with E-state index in [2.05, 4.69) is 48.0 Å². The van der Waals surface area contributed by atoms with Crippen molar-refractivity contribution in [2.75, 3.05) is 37.6 Å². The van der Waals surface area contributed by atoms with Crippen LogP contribution in [0.15, 0.2) is 24.3 Å². The van der Waals surface area contributed by atoms with E-state index in [0.717, 1.165) is 37.7 Å². The molecule has 0 radical (unpaired) electrons. The van der Waals surface area contributed by atoms with Gasteiger partial charge in [0.2, 0.25) is 0 Å². The summed E-state index contributed by atoms with van der Waals surface area (Å²) in [7, 11) is 0. The molecule has 1 aromatic rings. The monoisotopic (exact) mass is 309 g/mol. The van der Waals surface area contributed by atoms with Crippen molar-refractivity contribution in [1.82, 2.24) is 10.2 Å². The summed E-state index contributed by atoms with van der Waals surface area (Å²) in [6.07, 6.45) is 1.19. The fourth-order valence-corrected chi connectivity index (χ4v) is 2.92. The predicted octanol–water partition coefficient (Wildman–Crippen LogP) is 3.24. The Kier molecular flexibility index (Phi) is 6.34. The molecule has 1 aromatic carbocycles. The van der Waals surface area contributed by atoms with Gasteiger partial charge in [-0.2, -0.15) is 0 Å². The molecule has 2 rings (SSSR count). The molecule has 21 heavy (non-hydrogen) atoms. The van der Waals surface area contributed by atoms with Crippen molar-refractivity contribution in [1.29, 1.82) is 0 Å². The van der Waals surface area contributed by atoms with Crippen LogP contribution in [0.3, 0.4) is 0 Å². The van der Waals surface area contributed by atoms with E-state index in [9.17, 15) is 0 Å². The predicted molar refractivity (Wildman–Crippen MR) is 92.5 cm³/mol. The minimum Gasteiger partial charge on any atom is -0.369 e. The Morgan fingerprint density at radius 1 is 1.19 bits per heavy atom. The van der Waals surface area contributed by atoms with E-state index in [1.54, 1.807) is 0 Å². The molecule has 4 heteroatoms. The van der Waals surface area contributed by atoms with Gasteiger partial charge in [-0.15, -0.1) is 0 Å². The average molecular weight is 310 g/mol. The molecular formula is C17H28ClN3. The summed E-state index contributed by atoms with van der Waals surface area (Å²) >= 11 is 6.08. The number of piperazine rings is 1. The van der Waals surface area contributed by atoms with Gasteiger partial charge >= 0.3 is 0 Å². The van der Waals surface area contributed by atoms with Gasteiger partial charge < -0.3 is 10.2 Å². The molecule has 0 aliphatic carbocycles. The minimum absolute atomic E-state index is 0.598. The molecule has 1 aliphatic rings. The van der Waals surface area contributed by atoms with Gasteiger partial charge in [0.1, 0.15) is 0 Å². The molecule has 0 amide bonds. The summed E-state index contributed by atoms with van der Waals surface area (Å²) in [5.41, 5.74) is 1.24. The highest BCUT2D eigenvalue weighted by molar-refractivity contribution is 6.30. The van der Waals surface area contributed by atoms with Gasteiger partial charge in [0.05, 0.1) is 0 Å². The molecule has 1 heterocycles. The van der Waals surface area contributed by atoms with Gasteiger partial charge in [0.25, 0.3) is 0 Å². The lowest BCUT2D eigenvalue weighted by Crippen LogP contribution is -2.52. The molecule has 1 N–H and O–H groups in total. The zero-order valence-electron chi connectivity index (χ0n) is 13.5. The summed E-state index contributed by atoms with van der Waals surface area (Å²) in [4.78, 5) is 5.01. The van der Waals surface area contributed by atoms with E-state index < -0.39 is 0 Å². The van der Waals surface area contributed by atoms with E-state index in [0.29, 0.717) is 12.1 Å². The van der Waals surface area contributed by atoms with Gasteiger partial charge in [-0.25, -0.2) is 0 Å². The lowest BCUT2D eigenvalue weighted by atomic mass is 10.2. The smallest absolute Gasteiger partial charge is 0.0426 e. The number of benzene rings is 1. The third kappa shape index (κ3) is 4.87. The normalized spacial score (nSPS) is 19.5. The van der Waals surface area contributed by atoms with Crippen LogP contribution in [0.5, 0.6) is 0 Å². The lowest BCUT2D eigenvalue weighted by molar-refractivity contribution is 0.190. The van der Waals surface area contributed by atoms with Crippen LogP contribution in [0.25, 0.3) is 0 Å². The quantitative estimate of drug-likeness (QED) is 0.870. The zero-order valence-corrected chi connectivity index (χ0v) is 14.2. The maximum absolute atomic E-state index is 6.08. The van der Waals surface area contributed by atoms with E-state index in [-0.39, 0.29) is 0 Å². The number of hydrogen-bond acceptors (Lipinski definition) is 3. The highest BCUT2D eigenvalue weighted by atomic mass is 35.5. The van der Waals surface area contributed by atoms with Crippen LogP contribution >= 0.6 is 11.6 Å². The highest BCUT2D eigenvalue weighted by Crippen LogP contribution is 2.21. The van der Waals surface area contributed by atoms with Crippen LogP contribution in [0.1, 0.15) is 27.2 Å². The highest BCUT2D eigenvalue weighted by Gasteiger charge is 2.21. The van der Waals surface area contributed by atoms with Crippen LogP contribution in [0, 0.1) is 0 Å². The van der Waals surface area contributed by atoms with Gasteiger partial charge in [-0.1, -0.05) is 24.6 Å². The van der Waals surface area contributed by atoms with Crippen LogP contribution in [-0.2, 0) is 0 Å². The second kappa shape index (κ2) is 8.02. The number of nitrogens with one attached hydrogen (secondary N) is 1. The first-order valence-corrected chi connectivity index (χ1v) is 8.46. The van der Waals surface area contributed by atoms with Crippen molar-refractivity contribution >= 4 is 17.3 Å². The molecule has 3 nitrogen and oxygen atoms in total. The first-order chi connectivity index (χ1) is 10.1. The number of anilines is 1. The second-order valence-corrected chi connectivity index (χ2v) is 6.51. The topological polar surface area (TPSA) is 18.5 Å². The number of halogens is 1. The van der Waals surface area contributed by atoms with Crippen molar-refractivity contribution < 1.29 is 0 Å². The largest absolute Gasteiger partial charge is 0.369 e. The molecule has 1 saturated heterocycles. The van der Waals surface area contributed by atoms with Crippen LogP contribution < -0.4 is 10.2 Å². The van der Waals surface area contributed by atoms with E-state index in [4.69, 9.17) is 11.6 Å². The van der Waals surface area contributed by atoms with Crippen molar-refractivity contribution in [2.45, 2.75) is 39.3 Å². The van der Waals surface area contributed by atoms with Crippen LogP contribution in [0.4, 0.5) is 5.69 Å².